The summed E-state index contributed by atoms with van der Waals surface area (Å²) < 4.78 is 5.10. The van der Waals surface area contributed by atoms with Gasteiger partial charge in [-0.15, -0.1) is 0 Å². The molecule has 0 radical (unpaired) electrons. The fourth-order valence-electron chi connectivity index (χ4n) is 2.29. The average Bonchev–Trinajstić information content (AvgIpc) is 2.45. The molecule has 0 aromatic heterocycles. The second kappa shape index (κ2) is 9.54. The van der Waals surface area contributed by atoms with Crippen LogP contribution in [0.5, 0.6) is 5.75 Å². The maximum Gasteiger partial charge on any atom is 0.193 e. The van der Waals surface area contributed by atoms with E-state index >= 15 is 0 Å². The van der Waals surface area contributed by atoms with E-state index in [9.17, 15) is 0 Å². The van der Waals surface area contributed by atoms with E-state index in [4.69, 9.17) is 27.2 Å². The number of anilines is 1. The minimum atomic E-state index is 0.175. The third-order valence-electron chi connectivity index (χ3n) is 3.29. The van der Waals surface area contributed by atoms with Gasteiger partial charge in [-0.25, -0.2) is 0 Å². The second-order valence-corrected chi connectivity index (χ2v) is 6.12. The molecule has 1 unspecified atom stereocenters. The average molecular weight is 328 g/mol. The Labute approximate surface area is 137 Å². The van der Waals surface area contributed by atoms with Crippen LogP contribution in [-0.4, -0.2) is 31.3 Å². The zero-order chi connectivity index (χ0) is 16.5. The zero-order valence-electron chi connectivity index (χ0n) is 13.5. The Kier molecular flexibility index (Phi) is 8.06. The highest BCUT2D eigenvalue weighted by Gasteiger charge is 2.10. The van der Waals surface area contributed by atoms with Gasteiger partial charge >= 0.3 is 0 Å². The minimum absolute atomic E-state index is 0.175. The molecule has 1 rings (SSSR count). The molecule has 5 nitrogen and oxygen atoms in total. The summed E-state index contributed by atoms with van der Waals surface area (Å²) in [5.74, 6) is 1.86. The highest BCUT2D eigenvalue weighted by Crippen LogP contribution is 2.27. The summed E-state index contributed by atoms with van der Waals surface area (Å²) in [6.45, 7) is 5.10. The van der Waals surface area contributed by atoms with Crippen LogP contribution in [0.15, 0.2) is 23.2 Å². The normalized spacial score (nSPS) is 13.3. The first-order valence-electron chi connectivity index (χ1n) is 7.47. The number of nitrogens with two attached hydrogens (primary N) is 1. The highest BCUT2D eigenvalue weighted by atomic mass is 35.5. The van der Waals surface area contributed by atoms with Crippen LogP contribution in [0.1, 0.15) is 26.7 Å². The molecule has 0 fully saturated rings. The standard InChI is InChI=1S/C16H26ClN3O2/c1-11(2)8-12(6-7-21)10-19-16(18)20-13-4-5-15(22-3)14(17)9-13/h4-5,9,11-12,21H,6-8,10H2,1-3H3,(H3,18,19,20). The van der Waals surface area contributed by atoms with E-state index in [1.807, 2.05) is 6.07 Å². The van der Waals surface area contributed by atoms with Gasteiger partial charge in [0.05, 0.1) is 12.1 Å². The van der Waals surface area contributed by atoms with Crippen LogP contribution in [0.3, 0.4) is 0 Å². The molecule has 1 aromatic rings. The maximum atomic E-state index is 9.11. The van der Waals surface area contributed by atoms with Gasteiger partial charge in [-0.05, 0) is 42.9 Å². The van der Waals surface area contributed by atoms with Crippen LogP contribution in [0.25, 0.3) is 0 Å². The van der Waals surface area contributed by atoms with E-state index < -0.39 is 0 Å². The number of nitrogens with one attached hydrogen (secondary N) is 1. The van der Waals surface area contributed by atoms with Gasteiger partial charge in [0.2, 0.25) is 0 Å². The summed E-state index contributed by atoms with van der Waals surface area (Å²) in [6, 6.07) is 5.33. The largest absolute Gasteiger partial charge is 0.495 e. The first kappa shape index (κ1) is 18.6. The van der Waals surface area contributed by atoms with Crippen molar-refractivity contribution in [2.45, 2.75) is 26.7 Å². The molecule has 0 bridgehead atoms. The number of ether oxygens (including phenoxy) is 1. The van der Waals surface area contributed by atoms with Crippen molar-refractivity contribution < 1.29 is 9.84 Å². The van der Waals surface area contributed by atoms with Gasteiger partial charge in [-0.2, -0.15) is 0 Å². The van der Waals surface area contributed by atoms with Crippen molar-refractivity contribution in [3.63, 3.8) is 0 Å². The van der Waals surface area contributed by atoms with Crippen LogP contribution < -0.4 is 15.8 Å². The number of hydrogen-bond acceptors (Lipinski definition) is 3. The molecule has 0 amide bonds. The molecule has 4 N–H and O–H groups in total. The predicted molar refractivity (Wildman–Crippen MR) is 92.8 cm³/mol. The van der Waals surface area contributed by atoms with E-state index in [0.29, 0.717) is 35.1 Å². The number of nitrogens with zero attached hydrogens (tertiary/aromatic N) is 1. The number of rotatable bonds is 8. The molecule has 0 spiro atoms. The Balaban J connectivity index is 2.62. The molecule has 0 saturated carbocycles. The molecule has 6 heteroatoms. The first-order valence-corrected chi connectivity index (χ1v) is 7.85. The second-order valence-electron chi connectivity index (χ2n) is 5.71. The van der Waals surface area contributed by atoms with Gasteiger partial charge in [-0.3, -0.25) is 4.99 Å². The lowest BCUT2D eigenvalue weighted by atomic mass is 9.94. The molecule has 1 atom stereocenters. The number of methoxy groups -OCH3 is 1. The van der Waals surface area contributed by atoms with E-state index in [0.717, 1.165) is 18.5 Å². The lowest BCUT2D eigenvalue weighted by Crippen LogP contribution is -2.24. The van der Waals surface area contributed by atoms with E-state index in [1.165, 1.54) is 0 Å². The summed E-state index contributed by atoms with van der Waals surface area (Å²) in [5, 5.41) is 12.6. The van der Waals surface area contributed by atoms with Crippen LogP contribution in [0, 0.1) is 11.8 Å². The molecule has 0 aliphatic carbocycles. The molecular weight excluding hydrogens is 302 g/mol. The van der Waals surface area contributed by atoms with Crippen LogP contribution >= 0.6 is 11.6 Å². The third kappa shape index (κ3) is 6.54. The summed E-state index contributed by atoms with van der Waals surface area (Å²) in [5.41, 5.74) is 6.66. The van der Waals surface area contributed by atoms with Crippen molar-refractivity contribution in [1.29, 1.82) is 0 Å². The number of guanidine groups is 1. The number of benzene rings is 1. The molecule has 0 aliphatic heterocycles. The lowest BCUT2D eigenvalue weighted by molar-refractivity contribution is 0.246. The Morgan fingerprint density at radius 2 is 2.18 bits per heavy atom. The van der Waals surface area contributed by atoms with Crippen LogP contribution in [0.2, 0.25) is 5.02 Å². The molecular formula is C16H26ClN3O2. The number of aliphatic hydroxyl groups excluding tert-OH is 1. The van der Waals surface area contributed by atoms with Crippen molar-refractivity contribution >= 4 is 23.2 Å². The molecule has 1 aromatic carbocycles. The predicted octanol–water partition coefficient (Wildman–Crippen LogP) is 3.12. The Bertz CT molecular complexity index is 492. The van der Waals surface area contributed by atoms with Crippen molar-refractivity contribution in [2.75, 3.05) is 25.6 Å². The topological polar surface area (TPSA) is 79.9 Å². The van der Waals surface area contributed by atoms with Crippen molar-refractivity contribution in [2.24, 2.45) is 22.6 Å². The number of hydrogen-bond donors (Lipinski definition) is 3. The number of aliphatic hydroxyl groups is 1. The molecule has 0 aliphatic rings. The van der Waals surface area contributed by atoms with Gasteiger partial charge < -0.3 is 20.9 Å². The van der Waals surface area contributed by atoms with E-state index in [2.05, 4.69) is 24.2 Å². The Morgan fingerprint density at radius 1 is 1.45 bits per heavy atom. The van der Waals surface area contributed by atoms with Crippen molar-refractivity contribution in [3.05, 3.63) is 23.2 Å². The fraction of sp³-hybridized carbons (Fsp3) is 0.562. The Morgan fingerprint density at radius 3 is 2.73 bits per heavy atom. The van der Waals surface area contributed by atoms with Crippen LogP contribution in [0.4, 0.5) is 5.69 Å². The van der Waals surface area contributed by atoms with Crippen LogP contribution in [-0.2, 0) is 0 Å². The van der Waals surface area contributed by atoms with Crippen molar-refractivity contribution in [1.82, 2.24) is 0 Å². The van der Waals surface area contributed by atoms with Gasteiger partial charge in [0.1, 0.15) is 5.75 Å². The fourth-order valence-corrected chi connectivity index (χ4v) is 2.55. The van der Waals surface area contributed by atoms with Gasteiger partial charge in [0.25, 0.3) is 0 Å². The van der Waals surface area contributed by atoms with Gasteiger partial charge in [-0.1, -0.05) is 25.4 Å². The number of halogens is 1. The van der Waals surface area contributed by atoms with E-state index in [-0.39, 0.29) is 6.61 Å². The van der Waals surface area contributed by atoms with Crippen molar-refractivity contribution in [3.8, 4) is 5.75 Å². The Hall–Kier alpha value is -1.46. The monoisotopic (exact) mass is 327 g/mol. The maximum absolute atomic E-state index is 9.11. The summed E-state index contributed by atoms with van der Waals surface area (Å²) >= 11 is 6.07. The molecule has 124 valence electrons. The summed E-state index contributed by atoms with van der Waals surface area (Å²) in [7, 11) is 1.57. The highest BCUT2D eigenvalue weighted by molar-refractivity contribution is 6.32. The third-order valence-corrected chi connectivity index (χ3v) is 3.58. The van der Waals surface area contributed by atoms with E-state index in [1.54, 1.807) is 19.2 Å². The molecule has 0 saturated heterocycles. The SMILES string of the molecule is COc1ccc(NC(N)=NCC(CCO)CC(C)C)cc1Cl. The lowest BCUT2D eigenvalue weighted by Gasteiger charge is -2.16. The van der Waals surface area contributed by atoms with Gasteiger partial charge in [0, 0.05) is 18.8 Å². The smallest absolute Gasteiger partial charge is 0.193 e. The number of aliphatic imine (C=N–C) groups is 1. The summed E-state index contributed by atoms with van der Waals surface area (Å²) in [4.78, 5) is 4.36. The summed E-state index contributed by atoms with van der Waals surface area (Å²) in [6.07, 6.45) is 1.76. The molecule has 22 heavy (non-hydrogen) atoms. The first-order chi connectivity index (χ1) is 10.5. The minimum Gasteiger partial charge on any atom is -0.495 e. The quantitative estimate of drug-likeness (QED) is 0.506. The molecule has 0 heterocycles. The van der Waals surface area contributed by atoms with Gasteiger partial charge in [0.15, 0.2) is 5.96 Å². The zero-order valence-corrected chi connectivity index (χ0v) is 14.2.